The van der Waals surface area contributed by atoms with Gasteiger partial charge in [-0.25, -0.2) is 9.78 Å². The van der Waals surface area contributed by atoms with E-state index < -0.39 is 18.0 Å². The quantitative estimate of drug-likeness (QED) is 0.856. The number of carboxylic acids is 1. The van der Waals surface area contributed by atoms with Gasteiger partial charge in [0.25, 0.3) is 0 Å². The van der Waals surface area contributed by atoms with Crippen molar-refractivity contribution in [3.63, 3.8) is 0 Å². The molecule has 0 aliphatic heterocycles. The van der Waals surface area contributed by atoms with Crippen molar-refractivity contribution in [3.05, 3.63) is 59.8 Å². The number of amides is 1. The van der Waals surface area contributed by atoms with Crippen LogP contribution in [0.1, 0.15) is 36.8 Å². The Bertz CT molecular complexity index is 777. The molecule has 1 heterocycles. The highest BCUT2D eigenvalue weighted by Crippen LogP contribution is 2.31. The molecule has 3 rings (SSSR count). The third kappa shape index (κ3) is 4.84. The molecule has 6 nitrogen and oxygen atoms in total. The first-order valence-electron chi connectivity index (χ1n) is 9.20. The van der Waals surface area contributed by atoms with Crippen LogP contribution < -0.4 is 4.90 Å². The third-order valence-corrected chi connectivity index (χ3v) is 4.91. The molecule has 2 aromatic rings. The summed E-state index contributed by atoms with van der Waals surface area (Å²) >= 11 is 0. The molecule has 1 fully saturated rings. The van der Waals surface area contributed by atoms with Gasteiger partial charge in [-0.15, -0.1) is 0 Å². The van der Waals surface area contributed by atoms with E-state index in [1.54, 1.807) is 12.3 Å². The molecule has 0 radical (unpaired) electrons. The first-order chi connectivity index (χ1) is 13.0. The summed E-state index contributed by atoms with van der Waals surface area (Å²) in [5.74, 6) is -0.762. The van der Waals surface area contributed by atoms with Crippen LogP contribution in [-0.2, 0) is 16.1 Å². The van der Waals surface area contributed by atoms with Crippen LogP contribution in [0.4, 0.5) is 10.6 Å². The maximum atomic E-state index is 12.9. The number of nitrogens with zero attached hydrogens (tertiary/aromatic N) is 2. The Morgan fingerprint density at radius 3 is 2.63 bits per heavy atom. The summed E-state index contributed by atoms with van der Waals surface area (Å²) in [7, 11) is 0. The van der Waals surface area contributed by atoms with Crippen LogP contribution in [-0.4, -0.2) is 28.2 Å². The molecule has 1 aromatic carbocycles. The zero-order chi connectivity index (χ0) is 19.2. The molecule has 1 saturated carbocycles. The fourth-order valence-corrected chi connectivity index (χ4v) is 3.44. The van der Waals surface area contributed by atoms with E-state index in [1.807, 2.05) is 43.3 Å². The Balaban J connectivity index is 1.79. The van der Waals surface area contributed by atoms with E-state index in [0.717, 1.165) is 24.0 Å². The molecule has 1 N–H and O–H groups in total. The lowest BCUT2D eigenvalue weighted by atomic mass is 9.85. The standard InChI is InChI=1S/C21H24N2O4/c1-15-10-11-19(22-13-15)23(18-9-5-8-17(12-18)20(24)25)21(26)27-14-16-6-3-2-4-7-16/h2-4,6-7,10-11,13,17-18H,5,8-9,12,14H2,1H3,(H,24,25)/t17-,18+/m0/s1. The van der Waals surface area contributed by atoms with Crippen LogP contribution in [0, 0.1) is 12.8 Å². The number of aromatic nitrogens is 1. The van der Waals surface area contributed by atoms with Crippen molar-refractivity contribution in [1.29, 1.82) is 0 Å². The van der Waals surface area contributed by atoms with Gasteiger partial charge in [-0.2, -0.15) is 0 Å². The van der Waals surface area contributed by atoms with Crippen molar-refractivity contribution in [1.82, 2.24) is 4.98 Å². The Kier molecular flexibility index (Phi) is 6.06. The average molecular weight is 368 g/mol. The number of anilines is 1. The Hall–Kier alpha value is -2.89. The first kappa shape index (κ1) is 18.9. The number of hydrogen-bond donors (Lipinski definition) is 1. The first-order valence-corrected chi connectivity index (χ1v) is 9.20. The maximum Gasteiger partial charge on any atom is 0.416 e. The number of hydrogen-bond acceptors (Lipinski definition) is 4. The lowest BCUT2D eigenvalue weighted by Crippen LogP contribution is -2.45. The summed E-state index contributed by atoms with van der Waals surface area (Å²) in [5, 5.41) is 9.39. The maximum absolute atomic E-state index is 12.9. The van der Waals surface area contributed by atoms with Gasteiger partial charge >= 0.3 is 12.1 Å². The van der Waals surface area contributed by atoms with Crippen molar-refractivity contribution < 1.29 is 19.4 Å². The molecule has 142 valence electrons. The zero-order valence-corrected chi connectivity index (χ0v) is 15.4. The summed E-state index contributed by atoms with van der Waals surface area (Å²) in [6, 6.07) is 12.9. The normalized spacial score (nSPS) is 19.3. The minimum Gasteiger partial charge on any atom is -0.481 e. The van der Waals surface area contributed by atoms with E-state index in [9.17, 15) is 14.7 Å². The number of carboxylic acid groups (broad SMARTS) is 1. The second kappa shape index (κ2) is 8.66. The van der Waals surface area contributed by atoms with Crippen LogP contribution in [0.25, 0.3) is 0 Å². The van der Waals surface area contributed by atoms with E-state index in [2.05, 4.69) is 4.98 Å². The van der Waals surface area contributed by atoms with Crippen LogP contribution in [0.15, 0.2) is 48.7 Å². The topological polar surface area (TPSA) is 79.7 Å². The van der Waals surface area contributed by atoms with Gasteiger partial charge < -0.3 is 9.84 Å². The largest absolute Gasteiger partial charge is 0.481 e. The molecule has 1 aliphatic rings. The van der Waals surface area contributed by atoms with Gasteiger partial charge in [-0.3, -0.25) is 9.69 Å². The molecule has 0 unspecified atom stereocenters. The minimum atomic E-state index is -0.811. The third-order valence-electron chi connectivity index (χ3n) is 4.91. The summed E-state index contributed by atoms with van der Waals surface area (Å²) in [5.41, 5.74) is 1.89. The van der Waals surface area contributed by atoms with Crippen LogP contribution in [0.5, 0.6) is 0 Å². The molecule has 1 amide bonds. The van der Waals surface area contributed by atoms with Gasteiger partial charge in [0.2, 0.25) is 0 Å². The van der Waals surface area contributed by atoms with E-state index in [4.69, 9.17) is 4.74 Å². The summed E-state index contributed by atoms with van der Waals surface area (Å²) in [6.07, 6.45) is 3.75. The molecule has 0 saturated heterocycles. The predicted octanol–water partition coefficient (Wildman–Crippen LogP) is 4.18. The molecule has 6 heteroatoms. The number of carbonyl (C=O) groups excluding carboxylic acids is 1. The number of carbonyl (C=O) groups is 2. The van der Waals surface area contributed by atoms with Crippen molar-refractivity contribution in [2.45, 2.75) is 45.3 Å². The number of aliphatic carboxylic acids is 1. The Labute approximate surface area is 158 Å². The highest BCUT2D eigenvalue weighted by molar-refractivity contribution is 5.87. The smallest absolute Gasteiger partial charge is 0.416 e. The molecular weight excluding hydrogens is 344 g/mol. The summed E-state index contributed by atoms with van der Waals surface area (Å²) in [4.78, 5) is 30.2. The average Bonchev–Trinajstić information content (AvgIpc) is 2.69. The zero-order valence-electron chi connectivity index (χ0n) is 15.4. The number of benzene rings is 1. The number of rotatable bonds is 5. The molecule has 2 atom stereocenters. The molecule has 1 aliphatic carbocycles. The molecule has 1 aromatic heterocycles. The van der Waals surface area contributed by atoms with Gasteiger partial charge in [0.05, 0.1) is 5.92 Å². The van der Waals surface area contributed by atoms with E-state index >= 15 is 0 Å². The summed E-state index contributed by atoms with van der Waals surface area (Å²) < 4.78 is 5.52. The van der Waals surface area contributed by atoms with Gasteiger partial charge in [0.1, 0.15) is 12.4 Å². The minimum absolute atomic E-state index is 0.164. The van der Waals surface area contributed by atoms with E-state index in [-0.39, 0.29) is 12.6 Å². The fourth-order valence-electron chi connectivity index (χ4n) is 3.44. The van der Waals surface area contributed by atoms with Gasteiger partial charge in [-0.05, 0) is 43.4 Å². The lowest BCUT2D eigenvalue weighted by Gasteiger charge is -2.35. The Morgan fingerprint density at radius 1 is 1.19 bits per heavy atom. The highest BCUT2D eigenvalue weighted by Gasteiger charge is 2.35. The number of aryl methyl sites for hydroxylation is 1. The van der Waals surface area contributed by atoms with Gasteiger partial charge in [0, 0.05) is 12.2 Å². The molecule has 0 spiro atoms. The second-order valence-electron chi connectivity index (χ2n) is 6.96. The van der Waals surface area contributed by atoms with Crippen molar-refractivity contribution in [3.8, 4) is 0 Å². The van der Waals surface area contributed by atoms with Crippen LogP contribution in [0.2, 0.25) is 0 Å². The Morgan fingerprint density at radius 2 is 1.96 bits per heavy atom. The van der Waals surface area contributed by atoms with Crippen LogP contribution >= 0.6 is 0 Å². The van der Waals surface area contributed by atoms with Crippen molar-refractivity contribution in [2.24, 2.45) is 5.92 Å². The SMILES string of the molecule is Cc1ccc(N(C(=O)OCc2ccccc2)[C@@H]2CCC[C@H](C(=O)O)C2)nc1. The molecule has 0 bridgehead atoms. The predicted molar refractivity (Wildman–Crippen MR) is 101 cm³/mol. The van der Waals surface area contributed by atoms with Gasteiger partial charge in [0.15, 0.2) is 0 Å². The number of ether oxygens (including phenoxy) is 1. The summed E-state index contributed by atoms with van der Waals surface area (Å²) in [6.45, 7) is 2.09. The molecular formula is C21H24N2O4. The van der Waals surface area contributed by atoms with E-state index in [0.29, 0.717) is 18.7 Å². The molecule has 27 heavy (non-hydrogen) atoms. The monoisotopic (exact) mass is 368 g/mol. The van der Waals surface area contributed by atoms with E-state index in [1.165, 1.54) is 4.90 Å². The van der Waals surface area contributed by atoms with Crippen molar-refractivity contribution in [2.75, 3.05) is 4.90 Å². The number of pyridine rings is 1. The van der Waals surface area contributed by atoms with Gasteiger partial charge in [-0.1, -0.05) is 42.8 Å². The lowest BCUT2D eigenvalue weighted by molar-refractivity contribution is -0.142. The van der Waals surface area contributed by atoms with Crippen molar-refractivity contribution >= 4 is 17.9 Å². The fraction of sp³-hybridized carbons (Fsp3) is 0.381. The highest BCUT2D eigenvalue weighted by atomic mass is 16.6. The van der Waals surface area contributed by atoms with Crippen LogP contribution in [0.3, 0.4) is 0 Å². The second-order valence-corrected chi connectivity index (χ2v) is 6.96.